The third kappa shape index (κ3) is 3.71. The van der Waals surface area contributed by atoms with E-state index in [0.717, 1.165) is 30.6 Å². The first kappa shape index (κ1) is 16.0. The van der Waals surface area contributed by atoms with Crippen molar-refractivity contribution >= 4 is 34.4 Å². The highest BCUT2D eigenvalue weighted by atomic mass is 35.5. The summed E-state index contributed by atoms with van der Waals surface area (Å²) in [6, 6.07) is 5.77. The Morgan fingerprint density at radius 1 is 1.48 bits per heavy atom. The lowest BCUT2D eigenvalue weighted by atomic mass is 9.97. The van der Waals surface area contributed by atoms with E-state index in [0.29, 0.717) is 30.3 Å². The van der Waals surface area contributed by atoms with Gasteiger partial charge in [0.2, 0.25) is 5.91 Å². The molecule has 0 aliphatic carbocycles. The van der Waals surface area contributed by atoms with Crippen molar-refractivity contribution in [2.24, 2.45) is 11.7 Å². The monoisotopic (exact) mass is 333 g/mol. The Bertz CT molecular complexity index is 708. The van der Waals surface area contributed by atoms with Crippen molar-refractivity contribution in [3.8, 4) is 0 Å². The summed E-state index contributed by atoms with van der Waals surface area (Å²) in [5.41, 5.74) is 6.10. The molecule has 1 fully saturated rings. The van der Waals surface area contributed by atoms with E-state index in [4.69, 9.17) is 17.3 Å². The van der Waals surface area contributed by atoms with E-state index in [2.05, 4.69) is 20.2 Å². The van der Waals surface area contributed by atoms with E-state index in [1.165, 1.54) is 0 Å². The Hall–Kier alpha value is -1.92. The number of aromatic nitrogens is 2. The van der Waals surface area contributed by atoms with Crippen LogP contribution in [0.5, 0.6) is 0 Å². The third-order valence-electron chi connectivity index (χ3n) is 4.05. The molecule has 0 bridgehead atoms. The molecular weight excluding hydrogens is 314 g/mol. The van der Waals surface area contributed by atoms with Crippen LogP contribution in [0.15, 0.2) is 24.4 Å². The number of rotatable bonds is 4. The number of pyridine rings is 2. The largest absolute Gasteiger partial charge is 0.356 e. The van der Waals surface area contributed by atoms with Gasteiger partial charge in [0, 0.05) is 37.8 Å². The van der Waals surface area contributed by atoms with Gasteiger partial charge >= 0.3 is 0 Å². The Morgan fingerprint density at radius 3 is 3.17 bits per heavy atom. The van der Waals surface area contributed by atoms with E-state index in [9.17, 15) is 4.79 Å². The van der Waals surface area contributed by atoms with Crippen molar-refractivity contribution in [2.75, 3.05) is 31.1 Å². The zero-order valence-corrected chi connectivity index (χ0v) is 13.6. The molecule has 6 nitrogen and oxygen atoms in total. The highest BCUT2D eigenvalue weighted by molar-refractivity contribution is 6.31. The summed E-state index contributed by atoms with van der Waals surface area (Å²) in [5.74, 6) is 0.903. The normalized spacial score (nSPS) is 18.2. The first-order chi connectivity index (χ1) is 11.2. The molecular formula is C16H20ClN5O. The minimum absolute atomic E-state index is 0.0222. The van der Waals surface area contributed by atoms with Gasteiger partial charge in [-0.3, -0.25) is 4.79 Å². The molecule has 0 saturated carbocycles. The molecule has 1 aliphatic rings. The molecule has 23 heavy (non-hydrogen) atoms. The van der Waals surface area contributed by atoms with E-state index < -0.39 is 0 Å². The highest BCUT2D eigenvalue weighted by Crippen LogP contribution is 2.24. The van der Waals surface area contributed by atoms with Crippen LogP contribution in [0.2, 0.25) is 5.02 Å². The first-order valence-corrected chi connectivity index (χ1v) is 8.20. The molecule has 3 heterocycles. The van der Waals surface area contributed by atoms with Gasteiger partial charge in [0.25, 0.3) is 0 Å². The van der Waals surface area contributed by atoms with Gasteiger partial charge in [-0.1, -0.05) is 11.6 Å². The Balaban J connectivity index is 1.75. The van der Waals surface area contributed by atoms with Gasteiger partial charge in [-0.15, -0.1) is 0 Å². The van der Waals surface area contributed by atoms with Crippen LogP contribution >= 0.6 is 11.6 Å². The summed E-state index contributed by atoms with van der Waals surface area (Å²) < 4.78 is 0. The van der Waals surface area contributed by atoms with Gasteiger partial charge in [-0.25, -0.2) is 9.97 Å². The van der Waals surface area contributed by atoms with Crippen molar-refractivity contribution in [1.29, 1.82) is 0 Å². The van der Waals surface area contributed by atoms with Crippen LogP contribution in [-0.4, -0.2) is 42.1 Å². The zero-order chi connectivity index (χ0) is 16.2. The average molecular weight is 334 g/mol. The Kier molecular flexibility index (Phi) is 4.93. The van der Waals surface area contributed by atoms with E-state index in [1.54, 1.807) is 6.20 Å². The standard InChI is InChI=1S/C16H20ClN5O/c17-13-8-11-3-4-14(21-15(11)20-9-13)22-7-1-2-12(10-22)16(23)19-6-5-18/h3-4,8-9,12H,1-2,5-7,10,18H2,(H,19,23). The molecule has 1 unspecified atom stereocenters. The van der Waals surface area contributed by atoms with Crippen molar-refractivity contribution in [1.82, 2.24) is 15.3 Å². The van der Waals surface area contributed by atoms with Crippen molar-refractivity contribution in [3.63, 3.8) is 0 Å². The maximum absolute atomic E-state index is 12.1. The minimum Gasteiger partial charge on any atom is -0.356 e. The van der Waals surface area contributed by atoms with Crippen LogP contribution in [0.1, 0.15) is 12.8 Å². The lowest BCUT2D eigenvalue weighted by Gasteiger charge is -2.32. The van der Waals surface area contributed by atoms with Crippen molar-refractivity contribution in [3.05, 3.63) is 29.4 Å². The molecule has 3 N–H and O–H groups in total. The second-order valence-electron chi connectivity index (χ2n) is 5.73. The van der Waals surface area contributed by atoms with Gasteiger partial charge in [0.05, 0.1) is 10.9 Å². The third-order valence-corrected chi connectivity index (χ3v) is 4.26. The molecule has 3 rings (SSSR count). The predicted octanol–water partition coefficient (Wildman–Crippen LogP) is 1.57. The number of nitrogens with zero attached hydrogens (tertiary/aromatic N) is 3. The summed E-state index contributed by atoms with van der Waals surface area (Å²) in [6.07, 6.45) is 3.46. The summed E-state index contributed by atoms with van der Waals surface area (Å²) in [4.78, 5) is 23.2. The molecule has 1 aliphatic heterocycles. The smallest absolute Gasteiger partial charge is 0.224 e. The summed E-state index contributed by atoms with van der Waals surface area (Å²) in [5, 5.41) is 4.38. The Morgan fingerprint density at radius 2 is 2.35 bits per heavy atom. The summed E-state index contributed by atoms with van der Waals surface area (Å²) in [7, 11) is 0. The van der Waals surface area contributed by atoms with Gasteiger partial charge < -0.3 is 16.0 Å². The zero-order valence-electron chi connectivity index (χ0n) is 12.8. The fourth-order valence-electron chi connectivity index (χ4n) is 2.89. The number of fused-ring (bicyclic) bond motifs is 1. The first-order valence-electron chi connectivity index (χ1n) is 7.82. The van der Waals surface area contributed by atoms with Gasteiger partial charge in [-0.05, 0) is 31.0 Å². The SMILES string of the molecule is NCCNC(=O)C1CCCN(c2ccc3cc(Cl)cnc3n2)C1. The van der Waals surface area contributed by atoms with Crippen molar-refractivity contribution < 1.29 is 4.79 Å². The highest BCUT2D eigenvalue weighted by Gasteiger charge is 2.26. The van der Waals surface area contributed by atoms with Crippen molar-refractivity contribution in [2.45, 2.75) is 12.8 Å². The number of nitrogens with two attached hydrogens (primary N) is 1. The maximum Gasteiger partial charge on any atom is 0.224 e. The number of nitrogens with one attached hydrogen (secondary N) is 1. The number of carbonyl (C=O) groups excluding carboxylic acids is 1. The van der Waals surface area contributed by atoms with Crippen LogP contribution in [0.3, 0.4) is 0 Å². The second-order valence-corrected chi connectivity index (χ2v) is 6.17. The molecule has 1 amide bonds. The fourth-order valence-corrected chi connectivity index (χ4v) is 3.06. The maximum atomic E-state index is 12.1. The van der Waals surface area contributed by atoms with Gasteiger partial charge in [0.1, 0.15) is 5.82 Å². The van der Waals surface area contributed by atoms with Crippen LogP contribution in [0.4, 0.5) is 5.82 Å². The average Bonchev–Trinajstić information content (AvgIpc) is 2.59. The minimum atomic E-state index is -0.0222. The lowest BCUT2D eigenvalue weighted by molar-refractivity contribution is -0.125. The molecule has 2 aromatic heterocycles. The molecule has 1 atom stereocenters. The summed E-state index contributed by atoms with van der Waals surface area (Å²) in [6.45, 7) is 2.55. The summed E-state index contributed by atoms with van der Waals surface area (Å²) >= 11 is 5.95. The molecule has 1 saturated heterocycles. The van der Waals surface area contributed by atoms with E-state index in [1.807, 2.05) is 18.2 Å². The number of amides is 1. The van der Waals surface area contributed by atoms with Crippen LogP contribution in [0, 0.1) is 5.92 Å². The fraction of sp³-hybridized carbons (Fsp3) is 0.438. The molecule has 2 aromatic rings. The second kappa shape index (κ2) is 7.10. The number of piperidine rings is 1. The van der Waals surface area contributed by atoms with Gasteiger partial charge in [0.15, 0.2) is 5.65 Å². The number of halogens is 1. The van der Waals surface area contributed by atoms with Crippen LogP contribution < -0.4 is 16.0 Å². The topological polar surface area (TPSA) is 84.1 Å². The Labute approximate surface area is 140 Å². The molecule has 122 valence electrons. The molecule has 7 heteroatoms. The van der Waals surface area contributed by atoms with Gasteiger partial charge in [-0.2, -0.15) is 0 Å². The molecule has 0 spiro atoms. The van der Waals surface area contributed by atoms with E-state index in [-0.39, 0.29) is 11.8 Å². The molecule has 0 aromatic carbocycles. The quantitative estimate of drug-likeness (QED) is 0.887. The van der Waals surface area contributed by atoms with E-state index >= 15 is 0 Å². The number of anilines is 1. The number of hydrogen-bond donors (Lipinski definition) is 2. The number of carbonyl (C=O) groups is 1. The number of hydrogen-bond acceptors (Lipinski definition) is 5. The van der Waals surface area contributed by atoms with Crippen LogP contribution in [0.25, 0.3) is 11.0 Å². The predicted molar refractivity (Wildman–Crippen MR) is 91.5 cm³/mol. The van der Waals surface area contributed by atoms with Crippen LogP contribution in [-0.2, 0) is 4.79 Å². The lowest BCUT2D eigenvalue weighted by Crippen LogP contribution is -2.44. The molecule has 0 radical (unpaired) electrons.